The summed E-state index contributed by atoms with van der Waals surface area (Å²) in [6.45, 7) is 9.09. The second kappa shape index (κ2) is 12.0. The second-order valence-electron chi connectivity index (χ2n) is 7.68. The lowest BCUT2D eigenvalue weighted by Crippen LogP contribution is -2.52. The van der Waals surface area contributed by atoms with Gasteiger partial charge < -0.3 is 20.5 Å². The Morgan fingerprint density at radius 3 is 2.26 bits per heavy atom. The molecule has 0 radical (unpaired) electrons. The van der Waals surface area contributed by atoms with E-state index in [1.165, 1.54) is 0 Å². The van der Waals surface area contributed by atoms with Crippen molar-refractivity contribution in [3.63, 3.8) is 0 Å². The minimum absolute atomic E-state index is 0.0764. The average molecular weight is 385 g/mol. The zero-order valence-electron chi connectivity index (χ0n) is 16.7. The molecule has 0 aromatic carbocycles. The highest BCUT2D eigenvalue weighted by atomic mass is 16.6. The fourth-order valence-electron chi connectivity index (χ4n) is 2.26. The second-order valence-corrected chi connectivity index (χ2v) is 7.68. The number of azide groups is 1. The zero-order valence-corrected chi connectivity index (χ0v) is 16.7. The van der Waals surface area contributed by atoms with E-state index in [1.807, 2.05) is 13.8 Å². The van der Waals surface area contributed by atoms with Gasteiger partial charge in [0.25, 0.3) is 0 Å². The van der Waals surface area contributed by atoms with Crippen molar-refractivity contribution in [3.05, 3.63) is 10.4 Å². The monoisotopic (exact) mass is 385 g/mol. The smallest absolute Gasteiger partial charge is 0.408 e. The van der Waals surface area contributed by atoms with Crippen LogP contribution in [0, 0.1) is 5.92 Å². The van der Waals surface area contributed by atoms with Crippen molar-refractivity contribution in [3.8, 4) is 0 Å². The molecule has 154 valence electrons. The predicted octanol–water partition coefficient (Wildman–Crippen LogP) is 2.98. The zero-order chi connectivity index (χ0) is 21.0. The number of carboxylic acids is 1. The number of hydrogen-bond acceptors (Lipinski definition) is 5. The Morgan fingerprint density at radius 2 is 1.78 bits per heavy atom. The maximum absolute atomic E-state index is 12.5. The van der Waals surface area contributed by atoms with Gasteiger partial charge in [0.05, 0.1) is 0 Å². The minimum atomic E-state index is -1.13. The van der Waals surface area contributed by atoms with E-state index in [9.17, 15) is 19.5 Å². The third-order valence-electron chi connectivity index (χ3n) is 3.39. The SMILES string of the molecule is CC(C)C[C@H](NC(=O)[C@H](CCCCN=[N+]=[N-])NC(=O)OC(C)(C)C)C(=O)O. The van der Waals surface area contributed by atoms with E-state index in [4.69, 9.17) is 10.3 Å². The number of carboxylic acid groups (broad SMARTS) is 1. The Balaban J connectivity index is 5.00. The average Bonchev–Trinajstić information content (AvgIpc) is 2.50. The van der Waals surface area contributed by atoms with Crippen LogP contribution in [0.1, 0.15) is 60.3 Å². The minimum Gasteiger partial charge on any atom is -0.480 e. The molecule has 0 unspecified atom stereocenters. The van der Waals surface area contributed by atoms with Crippen molar-refractivity contribution in [2.45, 2.75) is 78.0 Å². The van der Waals surface area contributed by atoms with Gasteiger partial charge in [-0.05, 0) is 51.5 Å². The molecule has 10 heteroatoms. The highest BCUT2D eigenvalue weighted by molar-refractivity contribution is 5.89. The number of aliphatic carboxylic acids is 1. The number of rotatable bonds is 11. The first-order valence-electron chi connectivity index (χ1n) is 8.99. The van der Waals surface area contributed by atoms with Crippen LogP contribution in [-0.2, 0) is 14.3 Å². The van der Waals surface area contributed by atoms with Gasteiger partial charge in [0.15, 0.2) is 0 Å². The lowest BCUT2D eigenvalue weighted by Gasteiger charge is -2.25. The summed E-state index contributed by atoms with van der Waals surface area (Å²) in [7, 11) is 0. The number of carbonyl (C=O) groups is 3. The highest BCUT2D eigenvalue weighted by Gasteiger charge is 2.28. The van der Waals surface area contributed by atoms with E-state index in [-0.39, 0.29) is 25.3 Å². The summed E-state index contributed by atoms with van der Waals surface area (Å²) in [4.78, 5) is 38.6. The van der Waals surface area contributed by atoms with E-state index in [0.29, 0.717) is 12.8 Å². The fraction of sp³-hybridized carbons (Fsp3) is 0.824. The molecule has 0 aliphatic carbocycles. The molecule has 2 atom stereocenters. The molecular formula is C17H31N5O5. The summed E-state index contributed by atoms with van der Waals surface area (Å²) in [5.74, 6) is -1.64. The van der Waals surface area contributed by atoms with Crippen LogP contribution in [0.15, 0.2) is 5.11 Å². The van der Waals surface area contributed by atoms with Crippen molar-refractivity contribution in [2.24, 2.45) is 11.0 Å². The molecule has 2 amide bonds. The molecule has 10 nitrogen and oxygen atoms in total. The Hall–Kier alpha value is -2.48. The Kier molecular flexibility index (Phi) is 10.9. The molecule has 0 saturated carbocycles. The van der Waals surface area contributed by atoms with Crippen LogP contribution in [0.2, 0.25) is 0 Å². The summed E-state index contributed by atoms with van der Waals surface area (Å²) < 4.78 is 5.17. The van der Waals surface area contributed by atoms with E-state index < -0.39 is 35.7 Å². The molecule has 0 fully saturated rings. The third-order valence-corrected chi connectivity index (χ3v) is 3.39. The number of amides is 2. The van der Waals surface area contributed by atoms with Crippen LogP contribution in [-0.4, -0.2) is 47.3 Å². The van der Waals surface area contributed by atoms with Gasteiger partial charge in [0.1, 0.15) is 17.7 Å². The first-order chi connectivity index (χ1) is 12.5. The van der Waals surface area contributed by atoms with Crippen LogP contribution in [0.3, 0.4) is 0 Å². The number of hydrogen-bond donors (Lipinski definition) is 3. The number of unbranched alkanes of at least 4 members (excludes halogenated alkanes) is 1. The number of alkyl carbamates (subject to hydrolysis) is 1. The largest absolute Gasteiger partial charge is 0.480 e. The molecule has 0 bridgehead atoms. The third kappa shape index (κ3) is 12.5. The van der Waals surface area contributed by atoms with Crippen LogP contribution < -0.4 is 10.6 Å². The first kappa shape index (κ1) is 24.5. The lowest BCUT2D eigenvalue weighted by molar-refractivity contribution is -0.142. The molecular weight excluding hydrogens is 354 g/mol. The molecule has 0 heterocycles. The van der Waals surface area contributed by atoms with Crippen molar-refractivity contribution < 1.29 is 24.2 Å². The van der Waals surface area contributed by atoms with E-state index in [1.54, 1.807) is 20.8 Å². The molecule has 27 heavy (non-hydrogen) atoms. The predicted molar refractivity (Wildman–Crippen MR) is 100 cm³/mol. The summed E-state index contributed by atoms with van der Waals surface area (Å²) in [5.41, 5.74) is 7.55. The topological polar surface area (TPSA) is 153 Å². The molecule has 0 spiro atoms. The van der Waals surface area contributed by atoms with Gasteiger partial charge in [-0.25, -0.2) is 9.59 Å². The summed E-state index contributed by atoms with van der Waals surface area (Å²) in [6, 6.07) is -1.98. The van der Waals surface area contributed by atoms with Gasteiger partial charge >= 0.3 is 12.1 Å². The number of ether oxygens (including phenoxy) is 1. The number of nitrogens with zero attached hydrogens (tertiary/aromatic N) is 3. The summed E-state index contributed by atoms with van der Waals surface area (Å²) in [5, 5.41) is 17.7. The van der Waals surface area contributed by atoms with Crippen molar-refractivity contribution in [1.29, 1.82) is 0 Å². The maximum atomic E-state index is 12.5. The standard InChI is InChI=1S/C17H31N5O5/c1-11(2)10-13(15(24)25)20-14(23)12(8-6-7-9-19-22-18)21-16(26)27-17(3,4)5/h11-13H,6-10H2,1-5H3,(H,20,23)(H,21,26)(H,24,25)/t12-,13-/m0/s1. The highest BCUT2D eigenvalue weighted by Crippen LogP contribution is 2.10. The van der Waals surface area contributed by atoms with Crippen LogP contribution in [0.25, 0.3) is 10.4 Å². The van der Waals surface area contributed by atoms with E-state index >= 15 is 0 Å². The molecule has 0 aliphatic rings. The van der Waals surface area contributed by atoms with Crippen molar-refractivity contribution >= 4 is 18.0 Å². The Bertz CT molecular complexity index is 552. The van der Waals surface area contributed by atoms with Crippen molar-refractivity contribution in [1.82, 2.24) is 10.6 Å². The van der Waals surface area contributed by atoms with E-state index in [0.717, 1.165) is 0 Å². The molecule has 0 aromatic heterocycles. The number of nitrogens with one attached hydrogen (secondary N) is 2. The summed E-state index contributed by atoms with van der Waals surface area (Å²) >= 11 is 0. The van der Waals surface area contributed by atoms with Gasteiger partial charge in [-0.15, -0.1) is 0 Å². The van der Waals surface area contributed by atoms with Gasteiger partial charge in [-0.2, -0.15) is 0 Å². The van der Waals surface area contributed by atoms with Gasteiger partial charge in [-0.3, -0.25) is 4.79 Å². The van der Waals surface area contributed by atoms with Gasteiger partial charge in [-0.1, -0.05) is 25.4 Å². The normalized spacial score (nSPS) is 13.3. The van der Waals surface area contributed by atoms with Gasteiger partial charge in [0.2, 0.25) is 5.91 Å². The van der Waals surface area contributed by atoms with E-state index in [2.05, 4.69) is 20.7 Å². The fourth-order valence-corrected chi connectivity index (χ4v) is 2.26. The van der Waals surface area contributed by atoms with Crippen LogP contribution in [0.5, 0.6) is 0 Å². The summed E-state index contributed by atoms with van der Waals surface area (Å²) in [6.07, 6.45) is 0.831. The Labute approximate surface area is 159 Å². The lowest BCUT2D eigenvalue weighted by atomic mass is 10.0. The maximum Gasteiger partial charge on any atom is 0.408 e. The molecule has 0 saturated heterocycles. The molecule has 3 N–H and O–H groups in total. The molecule has 0 rings (SSSR count). The van der Waals surface area contributed by atoms with Gasteiger partial charge in [0, 0.05) is 11.5 Å². The van der Waals surface area contributed by atoms with Crippen molar-refractivity contribution in [2.75, 3.05) is 6.54 Å². The Morgan fingerprint density at radius 1 is 1.15 bits per heavy atom. The molecule has 0 aromatic rings. The van der Waals surface area contributed by atoms with Crippen LogP contribution >= 0.6 is 0 Å². The first-order valence-corrected chi connectivity index (χ1v) is 8.99. The van der Waals surface area contributed by atoms with Crippen LogP contribution in [0.4, 0.5) is 4.79 Å². The number of carbonyl (C=O) groups excluding carboxylic acids is 2. The quantitative estimate of drug-likeness (QED) is 0.216. The molecule has 0 aliphatic heterocycles.